The van der Waals surface area contributed by atoms with Crippen LogP contribution in [0.4, 0.5) is 0 Å². The molecule has 2 rings (SSSR count). The van der Waals surface area contributed by atoms with Gasteiger partial charge in [-0.3, -0.25) is 0 Å². The molecular weight excluding hydrogens is 302 g/mol. The summed E-state index contributed by atoms with van der Waals surface area (Å²) in [6.07, 6.45) is 1.89. The van der Waals surface area contributed by atoms with Gasteiger partial charge in [0.1, 0.15) is 0 Å². The molecule has 22 heavy (non-hydrogen) atoms. The van der Waals surface area contributed by atoms with E-state index in [0.29, 0.717) is 24.6 Å². The fourth-order valence-corrected chi connectivity index (χ4v) is 3.20. The van der Waals surface area contributed by atoms with Crippen LogP contribution in [0.3, 0.4) is 0 Å². The third-order valence-electron chi connectivity index (χ3n) is 3.17. The lowest BCUT2D eigenvalue weighted by Gasteiger charge is -2.03. The SMILES string of the molecule is CCCCS(=O)(=O)NCCc1nc(-c2cccc(C)c2)no1. The highest BCUT2D eigenvalue weighted by molar-refractivity contribution is 7.89. The first kappa shape index (κ1) is 16.6. The molecule has 0 aliphatic rings. The predicted octanol–water partition coefficient (Wildman–Crippen LogP) is 2.31. The summed E-state index contributed by atoms with van der Waals surface area (Å²) in [5.74, 6) is 1.10. The van der Waals surface area contributed by atoms with Crippen LogP contribution in [0.25, 0.3) is 11.4 Å². The van der Waals surface area contributed by atoms with Crippen molar-refractivity contribution in [2.45, 2.75) is 33.1 Å². The minimum absolute atomic E-state index is 0.155. The minimum Gasteiger partial charge on any atom is -0.339 e. The van der Waals surface area contributed by atoms with Gasteiger partial charge in [-0.25, -0.2) is 13.1 Å². The number of nitrogens with one attached hydrogen (secondary N) is 1. The molecule has 0 saturated heterocycles. The Bertz CT molecular complexity index is 710. The quantitative estimate of drug-likeness (QED) is 0.805. The molecule has 0 aliphatic heterocycles. The summed E-state index contributed by atoms with van der Waals surface area (Å²) in [4.78, 5) is 4.29. The van der Waals surface area contributed by atoms with E-state index in [1.54, 1.807) is 0 Å². The Morgan fingerprint density at radius 3 is 2.86 bits per heavy atom. The monoisotopic (exact) mass is 323 g/mol. The summed E-state index contributed by atoms with van der Waals surface area (Å²) in [6.45, 7) is 4.22. The van der Waals surface area contributed by atoms with Crippen molar-refractivity contribution in [3.8, 4) is 11.4 Å². The van der Waals surface area contributed by atoms with Gasteiger partial charge in [0.2, 0.25) is 21.7 Å². The normalized spacial score (nSPS) is 11.7. The van der Waals surface area contributed by atoms with E-state index in [-0.39, 0.29) is 12.3 Å². The number of unbranched alkanes of at least 4 members (excludes halogenated alkanes) is 1. The molecule has 120 valence electrons. The van der Waals surface area contributed by atoms with E-state index < -0.39 is 10.0 Å². The lowest BCUT2D eigenvalue weighted by atomic mass is 10.1. The van der Waals surface area contributed by atoms with E-state index in [9.17, 15) is 8.42 Å². The largest absolute Gasteiger partial charge is 0.339 e. The van der Waals surface area contributed by atoms with Crippen LogP contribution < -0.4 is 4.72 Å². The van der Waals surface area contributed by atoms with Crippen molar-refractivity contribution in [3.63, 3.8) is 0 Å². The molecular formula is C15H21N3O3S. The number of hydrogen-bond donors (Lipinski definition) is 1. The smallest absolute Gasteiger partial charge is 0.228 e. The van der Waals surface area contributed by atoms with Crippen molar-refractivity contribution in [3.05, 3.63) is 35.7 Å². The average Bonchev–Trinajstić information content (AvgIpc) is 2.94. The average molecular weight is 323 g/mol. The van der Waals surface area contributed by atoms with Gasteiger partial charge >= 0.3 is 0 Å². The molecule has 7 heteroatoms. The molecule has 0 radical (unpaired) electrons. The van der Waals surface area contributed by atoms with E-state index in [1.165, 1.54) is 0 Å². The van der Waals surface area contributed by atoms with Crippen molar-refractivity contribution in [1.82, 2.24) is 14.9 Å². The first-order valence-corrected chi connectivity index (χ1v) is 9.02. The Morgan fingerprint density at radius 1 is 1.32 bits per heavy atom. The number of benzene rings is 1. The fraction of sp³-hybridized carbons (Fsp3) is 0.467. The van der Waals surface area contributed by atoms with E-state index in [4.69, 9.17) is 4.52 Å². The van der Waals surface area contributed by atoms with E-state index in [2.05, 4.69) is 14.9 Å². The molecule has 2 aromatic rings. The molecule has 0 fully saturated rings. The van der Waals surface area contributed by atoms with Gasteiger partial charge in [-0.2, -0.15) is 4.98 Å². The van der Waals surface area contributed by atoms with Crippen LogP contribution in [-0.4, -0.2) is 30.9 Å². The van der Waals surface area contributed by atoms with Gasteiger partial charge in [0.15, 0.2) is 0 Å². The maximum absolute atomic E-state index is 11.7. The van der Waals surface area contributed by atoms with Gasteiger partial charge in [-0.05, 0) is 19.4 Å². The number of aryl methyl sites for hydroxylation is 1. The first-order valence-electron chi connectivity index (χ1n) is 7.37. The van der Waals surface area contributed by atoms with Gasteiger partial charge in [-0.1, -0.05) is 42.3 Å². The number of aromatic nitrogens is 2. The Hall–Kier alpha value is -1.73. The van der Waals surface area contributed by atoms with Crippen LogP contribution in [0.2, 0.25) is 0 Å². The molecule has 0 spiro atoms. The van der Waals surface area contributed by atoms with Crippen LogP contribution in [0.15, 0.2) is 28.8 Å². The van der Waals surface area contributed by atoms with Crippen LogP contribution in [0, 0.1) is 6.92 Å². The third kappa shape index (κ3) is 4.92. The van der Waals surface area contributed by atoms with E-state index >= 15 is 0 Å². The van der Waals surface area contributed by atoms with Gasteiger partial charge in [0.05, 0.1) is 5.75 Å². The van der Waals surface area contributed by atoms with Gasteiger partial charge < -0.3 is 4.52 Å². The molecule has 1 aromatic heterocycles. The number of sulfonamides is 1. The zero-order valence-electron chi connectivity index (χ0n) is 12.9. The lowest BCUT2D eigenvalue weighted by molar-refractivity contribution is 0.379. The molecule has 1 aromatic carbocycles. The van der Waals surface area contributed by atoms with Crippen molar-refractivity contribution < 1.29 is 12.9 Å². The zero-order valence-corrected chi connectivity index (χ0v) is 13.7. The topological polar surface area (TPSA) is 85.1 Å². The Morgan fingerprint density at radius 2 is 2.14 bits per heavy atom. The molecule has 0 aliphatic carbocycles. The lowest BCUT2D eigenvalue weighted by Crippen LogP contribution is -2.28. The Balaban J connectivity index is 1.90. The first-order chi connectivity index (χ1) is 10.5. The minimum atomic E-state index is -3.20. The summed E-state index contributed by atoms with van der Waals surface area (Å²) >= 11 is 0. The number of nitrogens with zero attached hydrogens (tertiary/aromatic N) is 2. The summed E-state index contributed by atoms with van der Waals surface area (Å²) < 4.78 is 31.0. The molecule has 0 amide bonds. The molecule has 0 saturated carbocycles. The van der Waals surface area contributed by atoms with Gasteiger partial charge in [0.25, 0.3) is 0 Å². The number of rotatable bonds is 8. The predicted molar refractivity (Wildman–Crippen MR) is 84.9 cm³/mol. The second-order valence-corrected chi connectivity index (χ2v) is 7.12. The van der Waals surface area contributed by atoms with Crippen molar-refractivity contribution >= 4 is 10.0 Å². The molecule has 0 bridgehead atoms. The summed E-state index contributed by atoms with van der Waals surface area (Å²) in [5, 5.41) is 3.93. The maximum Gasteiger partial charge on any atom is 0.228 e. The molecule has 0 atom stereocenters. The summed E-state index contributed by atoms with van der Waals surface area (Å²) in [6, 6.07) is 7.81. The zero-order chi connectivity index (χ0) is 16.0. The van der Waals surface area contributed by atoms with Gasteiger partial charge in [-0.15, -0.1) is 0 Å². The second-order valence-electron chi connectivity index (χ2n) is 5.20. The van der Waals surface area contributed by atoms with Crippen molar-refractivity contribution in [1.29, 1.82) is 0 Å². The van der Waals surface area contributed by atoms with Crippen LogP contribution >= 0.6 is 0 Å². The highest BCUT2D eigenvalue weighted by Crippen LogP contribution is 2.16. The maximum atomic E-state index is 11.7. The summed E-state index contributed by atoms with van der Waals surface area (Å²) in [7, 11) is -3.20. The highest BCUT2D eigenvalue weighted by atomic mass is 32.2. The van der Waals surface area contributed by atoms with E-state index in [0.717, 1.165) is 17.5 Å². The van der Waals surface area contributed by atoms with E-state index in [1.807, 2.05) is 38.1 Å². The summed E-state index contributed by atoms with van der Waals surface area (Å²) in [5.41, 5.74) is 2.01. The van der Waals surface area contributed by atoms with Crippen molar-refractivity contribution in [2.75, 3.05) is 12.3 Å². The van der Waals surface area contributed by atoms with Crippen LogP contribution in [0.1, 0.15) is 31.2 Å². The standard InChI is InChI=1S/C15H21N3O3S/c1-3-4-10-22(19,20)16-9-8-14-17-15(18-21-14)13-7-5-6-12(2)11-13/h5-7,11,16H,3-4,8-10H2,1-2H3. The van der Waals surface area contributed by atoms with Crippen molar-refractivity contribution in [2.24, 2.45) is 0 Å². The highest BCUT2D eigenvalue weighted by Gasteiger charge is 2.12. The fourth-order valence-electron chi connectivity index (χ4n) is 1.98. The molecule has 0 unspecified atom stereocenters. The third-order valence-corrected chi connectivity index (χ3v) is 4.64. The Kier molecular flexibility index (Phi) is 5.68. The molecule has 6 nitrogen and oxygen atoms in total. The molecule has 1 N–H and O–H groups in total. The number of hydrogen-bond acceptors (Lipinski definition) is 5. The van der Waals surface area contributed by atoms with Crippen LogP contribution in [0.5, 0.6) is 0 Å². The molecule has 1 heterocycles. The van der Waals surface area contributed by atoms with Crippen LogP contribution in [-0.2, 0) is 16.4 Å². The second kappa shape index (κ2) is 7.51. The Labute approximate surface area is 131 Å². The van der Waals surface area contributed by atoms with Gasteiger partial charge in [0, 0.05) is 18.5 Å².